The van der Waals surface area contributed by atoms with Crippen LogP contribution in [-0.4, -0.2) is 57.8 Å². The van der Waals surface area contributed by atoms with Gasteiger partial charge in [-0.15, -0.1) is 10.2 Å². The van der Waals surface area contributed by atoms with Crippen LogP contribution < -0.4 is 10.6 Å². The van der Waals surface area contributed by atoms with Gasteiger partial charge in [-0.2, -0.15) is 0 Å². The largest absolute Gasteiger partial charge is 0.356 e. The molecule has 0 saturated carbocycles. The standard InChI is InChI=1S/C21H32FN7/c1-4-29-12-6-9-19(29)14-24-21(25-15-20-27-26-16(2)28(20)3)23-11-10-17-7-5-8-18(22)13-17/h5,7-8,13,19H,4,6,9-12,14-15H2,1-3H3,(H2,23,24,25). The van der Waals surface area contributed by atoms with Gasteiger partial charge in [0, 0.05) is 26.2 Å². The van der Waals surface area contributed by atoms with Crippen molar-refractivity contribution < 1.29 is 4.39 Å². The van der Waals surface area contributed by atoms with E-state index in [1.54, 1.807) is 12.1 Å². The first-order valence-corrected chi connectivity index (χ1v) is 10.4. The molecule has 0 aliphatic carbocycles. The number of hydrogen-bond acceptors (Lipinski definition) is 4. The lowest BCUT2D eigenvalue weighted by molar-refractivity contribution is 0.267. The molecule has 3 rings (SSSR count). The Morgan fingerprint density at radius 3 is 2.90 bits per heavy atom. The number of aryl methyl sites for hydroxylation is 1. The normalized spacial score (nSPS) is 17.7. The lowest BCUT2D eigenvalue weighted by Gasteiger charge is -2.24. The molecule has 0 spiro atoms. The molecule has 1 aromatic carbocycles. The summed E-state index contributed by atoms with van der Waals surface area (Å²) < 4.78 is 15.3. The molecule has 2 N–H and O–H groups in total. The number of likely N-dealkylation sites (N-methyl/N-ethyl adjacent to an activating group) is 1. The number of halogens is 1. The van der Waals surface area contributed by atoms with Gasteiger partial charge in [-0.1, -0.05) is 19.1 Å². The van der Waals surface area contributed by atoms with Gasteiger partial charge in [-0.25, -0.2) is 9.38 Å². The number of likely N-dealkylation sites (tertiary alicyclic amines) is 1. The minimum Gasteiger partial charge on any atom is -0.356 e. The second-order valence-corrected chi connectivity index (χ2v) is 7.50. The van der Waals surface area contributed by atoms with Gasteiger partial charge in [-0.3, -0.25) is 4.90 Å². The van der Waals surface area contributed by atoms with Crippen LogP contribution in [0.2, 0.25) is 0 Å². The Labute approximate surface area is 172 Å². The molecule has 1 fully saturated rings. The summed E-state index contributed by atoms with van der Waals surface area (Å²) in [6.45, 7) is 8.36. The van der Waals surface area contributed by atoms with Crippen molar-refractivity contribution in [1.82, 2.24) is 30.3 Å². The number of nitrogens with zero attached hydrogens (tertiary/aromatic N) is 5. The average molecular weight is 402 g/mol. The van der Waals surface area contributed by atoms with E-state index in [2.05, 4.69) is 32.7 Å². The maximum Gasteiger partial charge on any atom is 0.191 e. The van der Waals surface area contributed by atoms with E-state index in [1.165, 1.54) is 25.5 Å². The molecule has 1 aliphatic rings. The average Bonchev–Trinajstić information content (AvgIpc) is 3.30. The Kier molecular flexibility index (Phi) is 7.57. The summed E-state index contributed by atoms with van der Waals surface area (Å²) in [5.41, 5.74) is 0.966. The lowest BCUT2D eigenvalue weighted by Crippen LogP contribution is -2.45. The van der Waals surface area contributed by atoms with Crippen LogP contribution in [0.1, 0.15) is 37.0 Å². The maximum absolute atomic E-state index is 13.4. The van der Waals surface area contributed by atoms with Gasteiger partial charge in [0.1, 0.15) is 18.2 Å². The first kappa shape index (κ1) is 21.2. The van der Waals surface area contributed by atoms with Crippen molar-refractivity contribution in [3.8, 4) is 0 Å². The van der Waals surface area contributed by atoms with Gasteiger partial charge in [0.2, 0.25) is 0 Å². The number of aliphatic imine (C=N–C) groups is 1. The van der Waals surface area contributed by atoms with Crippen molar-refractivity contribution in [3.63, 3.8) is 0 Å². The highest BCUT2D eigenvalue weighted by Crippen LogP contribution is 2.15. The van der Waals surface area contributed by atoms with Gasteiger partial charge in [0.25, 0.3) is 0 Å². The summed E-state index contributed by atoms with van der Waals surface area (Å²) in [4.78, 5) is 7.21. The zero-order valence-electron chi connectivity index (χ0n) is 17.7. The second-order valence-electron chi connectivity index (χ2n) is 7.50. The first-order chi connectivity index (χ1) is 14.1. The zero-order chi connectivity index (χ0) is 20.6. The van der Waals surface area contributed by atoms with E-state index in [4.69, 9.17) is 4.99 Å². The Morgan fingerprint density at radius 2 is 2.17 bits per heavy atom. The molecule has 1 saturated heterocycles. The van der Waals surface area contributed by atoms with Crippen LogP contribution in [0.5, 0.6) is 0 Å². The number of rotatable bonds is 8. The van der Waals surface area contributed by atoms with E-state index >= 15 is 0 Å². The van der Waals surface area contributed by atoms with E-state index < -0.39 is 0 Å². The van der Waals surface area contributed by atoms with E-state index in [1.807, 2.05) is 24.6 Å². The minimum atomic E-state index is -0.201. The van der Waals surface area contributed by atoms with Crippen molar-refractivity contribution >= 4 is 5.96 Å². The van der Waals surface area contributed by atoms with Crippen LogP contribution >= 0.6 is 0 Å². The van der Waals surface area contributed by atoms with Crippen molar-refractivity contribution in [2.45, 2.75) is 45.7 Å². The molecule has 29 heavy (non-hydrogen) atoms. The molecule has 2 heterocycles. The Morgan fingerprint density at radius 1 is 1.31 bits per heavy atom. The lowest BCUT2D eigenvalue weighted by atomic mass is 10.1. The predicted octanol–water partition coefficient (Wildman–Crippen LogP) is 2.02. The number of guanidine groups is 1. The maximum atomic E-state index is 13.4. The predicted molar refractivity (Wildman–Crippen MR) is 113 cm³/mol. The summed E-state index contributed by atoms with van der Waals surface area (Å²) in [5.74, 6) is 2.25. The third-order valence-corrected chi connectivity index (χ3v) is 5.57. The molecule has 158 valence electrons. The van der Waals surface area contributed by atoms with Crippen molar-refractivity contribution in [2.75, 3.05) is 26.2 Å². The number of nitrogens with one attached hydrogen (secondary N) is 2. The van der Waals surface area contributed by atoms with Gasteiger partial charge in [0.05, 0.1) is 0 Å². The molecule has 1 atom stereocenters. The molecule has 8 heteroatoms. The smallest absolute Gasteiger partial charge is 0.191 e. The highest BCUT2D eigenvalue weighted by atomic mass is 19.1. The zero-order valence-corrected chi connectivity index (χ0v) is 17.7. The fourth-order valence-corrected chi connectivity index (χ4v) is 3.69. The van der Waals surface area contributed by atoms with Gasteiger partial charge < -0.3 is 15.2 Å². The number of aromatic nitrogens is 3. The molecular formula is C21H32FN7. The number of hydrogen-bond donors (Lipinski definition) is 2. The quantitative estimate of drug-likeness (QED) is 0.523. The van der Waals surface area contributed by atoms with Crippen LogP contribution in [0.3, 0.4) is 0 Å². The van der Waals surface area contributed by atoms with Crippen molar-refractivity contribution in [2.24, 2.45) is 12.0 Å². The minimum absolute atomic E-state index is 0.201. The van der Waals surface area contributed by atoms with E-state index in [0.29, 0.717) is 19.1 Å². The molecular weight excluding hydrogens is 369 g/mol. The second kappa shape index (κ2) is 10.3. The summed E-state index contributed by atoms with van der Waals surface area (Å²) in [7, 11) is 1.95. The van der Waals surface area contributed by atoms with E-state index in [9.17, 15) is 4.39 Å². The van der Waals surface area contributed by atoms with Crippen LogP contribution in [0.4, 0.5) is 4.39 Å². The highest BCUT2D eigenvalue weighted by molar-refractivity contribution is 5.79. The molecule has 0 bridgehead atoms. The first-order valence-electron chi connectivity index (χ1n) is 10.4. The topological polar surface area (TPSA) is 70.4 Å². The summed E-state index contributed by atoms with van der Waals surface area (Å²) in [5, 5.41) is 15.2. The van der Waals surface area contributed by atoms with Crippen LogP contribution in [0.25, 0.3) is 0 Å². The van der Waals surface area contributed by atoms with Gasteiger partial charge in [0.15, 0.2) is 11.8 Å². The third-order valence-electron chi connectivity index (χ3n) is 5.57. The van der Waals surface area contributed by atoms with Crippen molar-refractivity contribution in [1.29, 1.82) is 0 Å². The van der Waals surface area contributed by atoms with Crippen LogP contribution in [-0.2, 0) is 20.0 Å². The Bertz CT molecular complexity index is 817. The monoisotopic (exact) mass is 401 g/mol. The molecule has 0 amide bonds. The molecule has 7 nitrogen and oxygen atoms in total. The summed E-state index contributed by atoms with van der Waals surface area (Å²) >= 11 is 0. The van der Waals surface area contributed by atoms with Gasteiger partial charge in [-0.05, 0) is 57.0 Å². The summed E-state index contributed by atoms with van der Waals surface area (Å²) in [6, 6.07) is 7.26. The fraction of sp³-hybridized carbons (Fsp3) is 0.571. The van der Waals surface area contributed by atoms with Crippen LogP contribution in [0, 0.1) is 12.7 Å². The fourth-order valence-electron chi connectivity index (χ4n) is 3.69. The molecule has 1 aliphatic heterocycles. The SMILES string of the molecule is CCN1CCCC1CNC(=NCc1nnc(C)n1C)NCCc1cccc(F)c1. The van der Waals surface area contributed by atoms with E-state index in [-0.39, 0.29) is 5.82 Å². The molecule has 1 unspecified atom stereocenters. The molecule has 2 aromatic rings. The van der Waals surface area contributed by atoms with E-state index in [0.717, 1.165) is 42.7 Å². The molecule has 1 aromatic heterocycles. The van der Waals surface area contributed by atoms with Crippen molar-refractivity contribution in [3.05, 3.63) is 47.3 Å². The number of benzene rings is 1. The Balaban J connectivity index is 1.60. The summed E-state index contributed by atoms with van der Waals surface area (Å²) in [6.07, 6.45) is 3.18. The van der Waals surface area contributed by atoms with Gasteiger partial charge >= 0.3 is 0 Å². The highest BCUT2D eigenvalue weighted by Gasteiger charge is 2.22. The van der Waals surface area contributed by atoms with Crippen LogP contribution in [0.15, 0.2) is 29.3 Å². The third kappa shape index (κ3) is 6.00. The Hall–Kier alpha value is -2.48. The molecule has 0 radical (unpaired) electrons.